The lowest BCUT2D eigenvalue weighted by atomic mass is 9.84. The van der Waals surface area contributed by atoms with Crippen LogP contribution in [-0.2, 0) is 11.6 Å². The highest BCUT2D eigenvalue weighted by Crippen LogP contribution is 2.32. The van der Waals surface area contributed by atoms with Crippen LogP contribution < -0.4 is 0 Å². The van der Waals surface area contributed by atoms with Crippen molar-refractivity contribution in [2.75, 3.05) is 6.54 Å². The molecule has 0 amide bonds. The minimum absolute atomic E-state index is 0.175. The first-order valence-electron chi connectivity index (χ1n) is 4.78. The number of nitrogens with zero attached hydrogens (tertiary/aromatic N) is 1. The van der Waals surface area contributed by atoms with Crippen molar-refractivity contribution < 1.29 is 13.2 Å². The second kappa shape index (κ2) is 4.17. The van der Waals surface area contributed by atoms with E-state index in [1.165, 1.54) is 6.07 Å². The molecule has 0 bridgehead atoms. The summed E-state index contributed by atoms with van der Waals surface area (Å²) in [6.07, 6.45) is -4.33. The van der Waals surface area contributed by atoms with E-state index in [1.807, 2.05) is 0 Å². The van der Waals surface area contributed by atoms with Gasteiger partial charge in [-0.05, 0) is 25.5 Å². The maximum Gasteiger partial charge on any atom is 0.416 e. The molecule has 0 fully saturated rings. The molecule has 0 saturated carbocycles. The predicted octanol–water partition coefficient (Wildman–Crippen LogP) is 3.90. The second-order valence-electron chi connectivity index (χ2n) is 4.28. The zero-order chi connectivity index (χ0) is 12.4. The molecule has 0 spiro atoms. The zero-order valence-electron chi connectivity index (χ0n) is 9.10. The summed E-state index contributed by atoms with van der Waals surface area (Å²) in [6, 6.07) is 5.16. The van der Waals surface area contributed by atoms with Crippen molar-refractivity contribution in [2.24, 2.45) is 0 Å². The molecule has 0 atom stereocenters. The van der Waals surface area contributed by atoms with Gasteiger partial charge in [0.25, 0.3) is 0 Å². The molecule has 0 aromatic heterocycles. The topological polar surface area (TPSA) is 4.36 Å². The van der Waals surface area contributed by atoms with E-state index in [0.717, 1.165) is 12.1 Å². The number of benzene rings is 1. The van der Waals surface area contributed by atoms with Gasteiger partial charge >= 0.3 is 6.18 Å². The Morgan fingerprint density at radius 1 is 1.19 bits per heavy atom. The number of hydrogen-bond acceptors (Lipinski definition) is 0. The molecule has 4 heteroatoms. The fourth-order valence-corrected chi connectivity index (χ4v) is 1.41. The van der Waals surface area contributed by atoms with Gasteiger partial charge in [0.2, 0.25) is 6.54 Å². The third kappa shape index (κ3) is 2.75. The molecule has 1 aromatic carbocycles. The van der Waals surface area contributed by atoms with E-state index in [2.05, 4.69) is 4.85 Å². The fraction of sp³-hybridized carbons (Fsp3) is 0.417. The molecule has 0 aliphatic heterocycles. The molecule has 16 heavy (non-hydrogen) atoms. The molecular weight excluding hydrogens is 215 g/mol. The van der Waals surface area contributed by atoms with Crippen LogP contribution in [0.4, 0.5) is 13.2 Å². The average molecular weight is 227 g/mol. The summed E-state index contributed by atoms with van der Waals surface area (Å²) < 4.78 is 37.4. The number of hydrogen-bond donors (Lipinski definition) is 0. The van der Waals surface area contributed by atoms with Crippen LogP contribution in [0.3, 0.4) is 0 Å². The van der Waals surface area contributed by atoms with Gasteiger partial charge in [-0.25, -0.2) is 6.57 Å². The fourth-order valence-electron chi connectivity index (χ4n) is 1.41. The molecule has 1 nitrogen and oxygen atoms in total. The highest BCUT2D eigenvalue weighted by molar-refractivity contribution is 5.31. The first-order chi connectivity index (χ1) is 7.27. The standard InChI is InChI=1S/C12H12F3N/c1-11(2,8-16-3)9-5-4-6-10(7-9)12(13,14)15/h4-7H,8H2,1-2H3. The molecule has 1 rings (SSSR count). The van der Waals surface area contributed by atoms with Gasteiger partial charge in [-0.2, -0.15) is 13.2 Å². The van der Waals surface area contributed by atoms with Crippen LogP contribution in [0.15, 0.2) is 24.3 Å². The maximum absolute atomic E-state index is 12.5. The zero-order valence-corrected chi connectivity index (χ0v) is 9.10. The summed E-state index contributed by atoms with van der Waals surface area (Å²) in [4.78, 5) is 3.24. The van der Waals surface area contributed by atoms with Crippen LogP contribution in [0.5, 0.6) is 0 Å². The van der Waals surface area contributed by atoms with E-state index in [-0.39, 0.29) is 6.54 Å². The van der Waals surface area contributed by atoms with Crippen molar-refractivity contribution in [1.29, 1.82) is 0 Å². The van der Waals surface area contributed by atoms with Crippen molar-refractivity contribution >= 4 is 0 Å². The quantitative estimate of drug-likeness (QED) is 0.675. The smallest absolute Gasteiger partial charge is 0.316 e. The first kappa shape index (κ1) is 12.6. The van der Waals surface area contributed by atoms with E-state index >= 15 is 0 Å². The monoisotopic (exact) mass is 227 g/mol. The minimum Gasteiger partial charge on any atom is -0.316 e. The Morgan fingerprint density at radius 2 is 1.75 bits per heavy atom. The summed E-state index contributed by atoms with van der Waals surface area (Å²) in [5, 5.41) is 0. The lowest BCUT2D eigenvalue weighted by Gasteiger charge is -2.20. The van der Waals surface area contributed by atoms with Crippen molar-refractivity contribution in [1.82, 2.24) is 0 Å². The van der Waals surface area contributed by atoms with Gasteiger partial charge in [0.1, 0.15) is 0 Å². The van der Waals surface area contributed by atoms with Gasteiger partial charge in [-0.3, -0.25) is 0 Å². The van der Waals surface area contributed by atoms with E-state index in [9.17, 15) is 13.2 Å². The largest absolute Gasteiger partial charge is 0.416 e. The van der Waals surface area contributed by atoms with E-state index in [4.69, 9.17) is 6.57 Å². The Labute approximate surface area is 92.7 Å². The molecule has 1 aromatic rings. The maximum atomic E-state index is 12.5. The molecular formula is C12H12F3N. The normalized spacial score (nSPS) is 12.2. The SMILES string of the molecule is [C-]#[N+]CC(C)(C)c1cccc(C(F)(F)F)c1. The van der Waals surface area contributed by atoms with Crippen LogP contribution in [0.2, 0.25) is 0 Å². The molecule has 0 aliphatic rings. The van der Waals surface area contributed by atoms with Crippen LogP contribution in [-0.4, -0.2) is 6.54 Å². The molecule has 0 aliphatic carbocycles. The second-order valence-corrected chi connectivity index (χ2v) is 4.28. The molecule has 0 N–H and O–H groups in total. The molecule has 86 valence electrons. The highest BCUT2D eigenvalue weighted by atomic mass is 19.4. The van der Waals surface area contributed by atoms with Crippen molar-refractivity contribution in [3.63, 3.8) is 0 Å². The van der Waals surface area contributed by atoms with Crippen molar-refractivity contribution in [3.05, 3.63) is 46.8 Å². The minimum atomic E-state index is -4.33. The third-order valence-corrected chi connectivity index (χ3v) is 2.45. The molecule has 0 unspecified atom stereocenters. The lowest BCUT2D eigenvalue weighted by molar-refractivity contribution is -0.137. The first-order valence-corrected chi connectivity index (χ1v) is 4.78. The van der Waals surface area contributed by atoms with E-state index in [0.29, 0.717) is 5.56 Å². The lowest BCUT2D eigenvalue weighted by Crippen LogP contribution is -2.21. The predicted molar refractivity (Wildman–Crippen MR) is 55.9 cm³/mol. The number of rotatable bonds is 2. The molecule has 0 radical (unpaired) electrons. The van der Waals surface area contributed by atoms with Crippen LogP contribution >= 0.6 is 0 Å². The Morgan fingerprint density at radius 3 is 2.25 bits per heavy atom. The summed E-state index contributed by atoms with van der Waals surface area (Å²) in [7, 11) is 0. The highest BCUT2D eigenvalue weighted by Gasteiger charge is 2.32. The Bertz CT molecular complexity index is 413. The third-order valence-electron chi connectivity index (χ3n) is 2.45. The average Bonchev–Trinajstić information content (AvgIpc) is 2.16. The van der Waals surface area contributed by atoms with Crippen molar-refractivity contribution in [3.8, 4) is 0 Å². The Hall–Kier alpha value is -1.50. The number of halogens is 3. The van der Waals surface area contributed by atoms with Crippen molar-refractivity contribution in [2.45, 2.75) is 25.4 Å². The Balaban J connectivity index is 3.14. The summed E-state index contributed by atoms with van der Waals surface area (Å²) in [6.45, 7) is 10.5. The van der Waals surface area contributed by atoms with Crippen LogP contribution in [0, 0.1) is 6.57 Å². The van der Waals surface area contributed by atoms with Gasteiger partial charge in [0, 0.05) is 0 Å². The molecule has 0 heterocycles. The van der Waals surface area contributed by atoms with Gasteiger partial charge in [-0.1, -0.05) is 18.2 Å². The molecule has 0 saturated heterocycles. The van der Waals surface area contributed by atoms with E-state index < -0.39 is 17.2 Å². The van der Waals surface area contributed by atoms with E-state index in [1.54, 1.807) is 19.9 Å². The van der Waals surface area contributed by atoms with Crippen LogP contribution in [0.1, 0.15) is 25.0 Å². The van der Waals surface area contributed by atoms with Gasteiger partial charge in [-0.15, -0.1) is 0 Å². The Kier molecular flexibility index (Phi) is 3.27. The number of alkyl halides is 3. The van der Waals surface area contributed by atoms with Gasteiger partial charge in [0.15, 0.2) is 0 Å². The summed E-state index contributed by atoms with van der Waals surface area (Å²) in [5.41, 5.74) is -0.676. The van der Waals surface area contributed by atoms with Gasteiger partial charge in [0.05, 0.1) is 11.0 Å². The summed E-state index contributed by atoms with van der Waals surface area (Å²) >= 11 is 0. The van der Waals surface area contributed by atoms with Gasteiger partial charge < -0.3 is 4.85 Å². The van der Waals surface area contributed by atoms with Crippen LogP contribution in [0.25, 0.3) is 4.85 Å². The summed E-state index contributed by atoms with van der Waals surface area (Å²) in [5.74, 6) is 0.